The number of para-hydroxylation sites is 1. The number of benzene rings is 2. The minimum atomic E-state index is -3.31. The lowest BCUT2D eigenvalue weighted by Crippen LogP contribution is -2.37. The number of hydrogen-bond donors (Lipinski definition) is 0. The molecule has 1 amide bonds. The SMILES string of the molecule is CN(C(=O)c1ccc(N2CCCCS2(=O)=O)cc1Cl)c1ccccc1. The molecule has 0 spiro atoms. The van der Waals surface area contributed by atoms with Crippen LogP contribution in [0.25, 0.3) is 0 Å². The van der Waals surface area contributed by atoms with Gasteiger partial charge in [0, 0.05) is 19.3 Å². The first kappa shape index (κ1) is 17.8. The highest BCUT2D eigenvalue weighted by Crippen LogP contribution is 2.29. The minimum absolute atomic E-state index is 0.141. The number of nitrogens with zero attached hydrogens (tertiary/aromatic N) is 2. The van der Waals surface area contributed by atoms with Crippen LogP contribution < -0.4 is 9.21 Å². The van der Waals surface area contributed by atoms with E-state index in [4.69, 9.17) is 11.6 Å². The van der Waals surface area contributed by atoms with Crippen LogP contribution in [-0.2, 0) is 10.0 Å². The van der Waals surface area contributed by atoms with Gasteiger partial charge in [-0.25, -0.2) is 8.42 Å². The fraction of sp³-hybridized carbons (Fsp3) is 0.278. The van der Waals surface area contributed by atoms with Crippen molar-refractivity contribution in [1.82, 2.24) is 0 Å². The molecule has 0 saturated carbocycles. The fourth-order valence-electron chi connectivity index (χ4n) is 2.86. The quantitative estimate of drug-likeness (QED) is 0.820. The molecule has 1 aliphatic heterocycles. The van der Waals surface area contributed by atoms with Crippen LogP contribution in [0.15, 0.2) is 48.5 Å². The molecule has 0 N–H and O–H groups in total. The minimum Gasteiger partial charge on any atom is -0.311 e. The third kappa shape index (κ3) is 3.65. The van der Waals surface area contributed by atoms with Gasteiger partial charge in [-0.3, -0.25) is 9.10 Å². The molecule has 1 heterocycles. The Morgan fingerprint density at radius 3 is 2.48 bits per heavy atom. The molecule has 3 rings (SSSR count). The molecule has 0 aromatic heterocycles. The Hall–Kier alpha value is -2.05. The molecule has 2 aromatic rings. The Morgan fingerprint density at radius 2 is 1.84 bits per heavy atom. The van der Waals surface area contributed by atoms with Gasteiger partial charge in [0.25, 0.3) is 5.91 Å². The van der Waals surface area contributed by atoms with Crippen molar-refractivity contribution in [3.63, 3.8) is 0 Å². The van der Waals surface area contributed by atoms with E-state index >= 15 is 0 Å². The average molecular weight is 379 g/mol. The maximum atomic E-state index is 12.7. The monoisotopic (exact) mass is 378 g/mol. The Labute approximate surface area is 152 Å². The van der Waals surface area contributed by atoms with Crippen molar-refractivity contribution in [3.05, 3.63) is 59.1 Å². The Morgan fingerprint density at radius 1 is 1.12 bits per heavy atom. The maximum Gasteiger partial charge on any atom is 0.259 e. The van der Waals surface area contributed by atoms with Crippen molar-refractivity contribution in [2.45, 2.75) is 12.8 Å². The summed E-state index contributed by atoms with van der Waals surface area (Å²) < 4.78 is 25.8. The number of amides is 1. The molecule has 7 heteroatoms. The van der Waals surface area contributed by atoms with Crippen molar-refractivity contribution in [1.29, 1.82) is 0 Å². The molecular formula is C18H19ClN2O3S. The zero-order valence-corrected chi connectivity index (χ0v) is 15.4. The lowest BCUT2D eigenvalue weighted by Gasteiger charge is -2.28. The molecule has 0 unspecified atom stereocenters. The van der Waals surface area contributed by atoms with Crippen molar-refractivity contribution >= 4 is 38.9 Å². The summed E-state index contributed by atoms with van der Waals surface area (Å²) in [6, 6.07) is 14.0. The predicted octanol–water partition coefficient (Wildman–Crippen LogP) is 3.55. The van der Waals surface area contributed by atoms with E-state index in [2.05, 4.69) is 0 Å². The van der Waals surface area contributed by atoms with E-state index in [1.165, 1.54) is 9.21 Å². The number of carbonyl (C=O) groups excluding carboxylic acids is 1. The molecule has 5 nitrogen and oxygen atoms in total. The van der Waals surface area contributed by atoms with Gasteiger partial charge in [0.2, 0.25) is 10.0 Å². The Bertz CT molecular complexity index is 884. The van der Waals surface area contributed by atoms with Crippen molar-refractivity contribution in [2.24, 2.45) is 0 Å². The van der Waals surface area contributed by atoms with Gasteiger partial charge in [-0.1, -0.05) is 29.8 Å². The standard InChI is InChI=1S/C18H19ClN2O3S/c1-20(14-7-3-2-4-8-14)18(22)16-10-9-15(13-17(16)19)21-11-5-6-12-25(21,23)24/h2-4,7-10,13H,5-6,11-12H2,1H3. The first-order chi connectivity index (χ1) is 11.9. The summed E-state index contributed by atoms with van der Waals surface area (Å²) in [5.74, 6) is -0.105. The number of sulfonamides is 1. The number of hydrogen-bond acceptors (Lipinski definition) is 3. The molecule has 25 heavy (non-hydrogen) atoms. The highest BCUT2D eigenvalue weighted by atomic mass is 35.5. The zero-order valence-electron chi connectivity index (χ0n) is 13.9. The second kappa shape index (κ2) is 7.06. The lowest BCUT2D eigenvalue weighted by molar-refractivity contribution is 0.0993. The molecular weight excluding hydrogens is 360 g/mol. The molecule has 0 radical (unpaired) electrons. The van der Waals surface area contributed by atoms with Gasteiger partial charge >= 0.3 is 0 Å². The normalized spacial score (nSPS) is 16.5. The molecule has 1 saturated heterocycles. The molecule has 1 aliphatic rings. The number of halogens is 1. The smallest absolute Gasteiger partial charge is 0.259 e. The first-order valence-electron chi connectivity index (χ1n) is 8.03. The summed E-state index contributed by atoms with van der Waals surface area (Å²) >= 11 is 6.30. The molecule has 0 bridgehead atoms. The van der Waals surface area contributed by atoms with Crippen molar-refractivity contribution in [2.75, 3.05) is 28.6 Å². The van der Waals surface area contributed by atoms with Crippen LogP contribution in [-0.4, -0.2) is 33.7 Å². The molecule has 1 fully saturated rings. The van der Waals surface area contributed by atoms with E-state index in [9.17, 15) is 13.2 Å². The summed E-state index contributed by atoms with van der Waals surface area (Å²) in [5.41, 5.74) is 1.60. The highest BCUT2D eigenvalue weighted by molar-refractivity contribution is 7.92. The summed E-state index contributed by atoms with van der Waals surface area (Å²) in [6.07, 6.45) is 1.49. The van der Waals surface area contributed by atoms with Crippen LogP contribution in [0, 0.1) is 0 Å². The van der Waals surface area contributed by atoms with E-state index < -0.39 is 10.0 Å². The second-order valence-electron chi connectivity index (χ2n) is 5.96. The van der Waals surface area contributed by atoms with Crippen LogP contribution in [0.5, 0.6) is 0 Å². The topological polar surface area (TPSA) is 57.7 Å². The van der Waals surface area contributed by atoms with Crippen LogP contribution in [0.4, 0.5) is 11.4 Å². The van der Waals surface area contributed by atoms with E-state index in [1.54, 1.807) is 25.2 Å². The van der Waals surface area contributed by atoms with Crippen LogP contribution in [0.1, 0.15) is 23.2 Å². The van der Waals surface area contributed by atoms with Gasteiger partial charge in [0.05, 0.1) is 22.0 Å². The van der Waals surface area contributed by atoms with Gasteiger partial charge in [-0.15, -0.1) is 0 Å². The maximum absolute atomic E-state index is 12.7. The van der Waals surface area contributed by atoms with E-state index in [1.807, 2.05) is 30.3 Å². The second-order valence-corrected chi connectivity index (χ2v) is 8.38. The van der Waals surface area contributed by atoms with Gasteiger partial charge < -0.3 is 4.90 Å². The number of rotatable bonds is 3. The van der Waals surface area contributed by atoms with Crippen LogP contribution in [0.2, 0.25) is 5.02 Å². The number of carbonyl (C=O) groups is 1. The van der Waals surface area contributed by atoms with Gasteiger partial charge in [-0.2, -0.15) is 0 Å². The summed E-state index contributed by atoms with van der Waals surface area (Å²) in [7, 11) is -1.63. The zero-order chi connectivity index (χ0) is 18.0. The Balaban J connectivity index is 1.88. The third-order valence-electron chi connectivity index (χ3n) is 4.27. The largest absolute Gasteiger partial charge is 0.311 e. The van der Waals surface area contributed by atoms with Gasteiger partial charge in [-0.05, 0) is 43.2 Å². The van der Waals surface area contributed by atoms with E-state index in [0.29, 0.717) is 24.2 Å². The molecule has 0 atom stereocenters. The van der Waals surface area contributed by atoms with Crippen molar-refractivity contribution < 1.29 is 13.2 Å². The van der Waals surface area contributed by atoms with Gasteiger partial charge in [0.1, 0.15) is 0 Å². The van der Waals surface area contributed by atoms with Crippen molar-refractivity contribution in [3.8, 4) is 0 Å². The molecule has 132 valence electrons. The Kier molecular flexibility index (Phi) is 5.01. The summed E-state index contributed by atoms with van der Waals surface area (Å²) in [6.45, 7) is 0.440. The average Bonchev–Trinajstić information content (AvgIpc) is 2.61. The summed E-state index contributed by atoms with van der Waals surface area (Å²) in [5, 5.41) is 0.242. The summed E-state index contributed by atoms with van der Waals surface area (Å²) in [4.78, 5) is 14.2. The first-order valence-corrected chi connectivity index (χ1v) is 10.0. The van der Waals surface area contributed by atoms with Gasteiger partial charge in [0.15, 0.2) is 0 Å². The number of anilines is 2. The molecule has 0 aliphatic carbocycles. The predicted molar refractivity (Wildman–Crippen MR) is 101 cm³/mol. The highest BCUT2D eigenvalue weighted by Gasteiger charge is 2.27. The fourth-order valence-corrected chi connectivity index (χ4v) is 4.75. The lowest BCUT2D eigenvalue weighted by atomic mass is 10.1. The van der Waals surface area contributed by atoms with E-state index in [0.717, 1.165) is 12.1 Å². The molecule has 2 aromatic carbocycles. The van der Waals surface area contributed by atoms with Crippen LogP contribution in [0.3, 0.4) is 0 Å². The third-order valence-corrected chi connectivity index (χ3v) is 6.45. The van der Waals surface area contributed by atoms with Crippen LogP contribution >= 0.6 is 11.6 Å². The van der Waals surface area contributed by atoms with E-state index in [-0.39, 0.29) is 16.7 Å².